The Labute approximate surface area is 119 Å². The molecule has 1 atom stereocenters. The van der Waals surface area contributed by atoms with Gasteiger partial charge < -0.3 is 0 Å². The number of nitrogens with one attached hydrogen (secondary N) is 1. The van der Waals surface area contributed by atoms with Crippen molar-refractivity contribution in [1.82, 2.24) is 9.71 Å². The molecule has 102 valence electrons. The Morgan fingerprint density at radius 3 is 2.68 bits per heavy atom. The first kappa shape index (κ1) is 14.4. The third-order valence-corrected chi connectivity index (χ3v) is 5.54. The van der Waals surface area contributed by atoms with E-state index >= 15 is 0 Å². The molecule has 8 heteroatoms. The normalized spacial score (nSPS) is 13.4. The van der Waals surface area contributed by atoms with Gasteiger partial charge in [-0.15, -0.1) is 0 Å². The Morgan fingerprint density at radius 2 is 2.11 bits per heavy atom. The lowest BCUT2D eigenvalue weighted by molar-refractivity contribution is 0.551. The molecular weight excluding hydrogens is 311 g/mol. The Balaban J connectivity index is 2.24. The second kappa shape index (κ2) is 5.54. The van der Waals surface area contributed by atoms with E-state index in [0.29, 0.717) is 0 Å². The van der Waals surface area contributed by atoms with Gasteiger partial charge in [0.2, 0.25) is 0 Å². The summed E-state index contributed by atoms with van der Waals surface area (Å²) in [5, 5.41) is 0. The number of nitrogens with zero attached hydrogens (tertiary/aromatic N) is 1. The van der Waals surface area contributed by atoms with E-state index < -0.39 is 21.9 Å². The van der Waals surface area contributed by atoms with Gasteiger partial charge in [0.15, 0.2) is 8.68 Å². The number of aromatic nitrogens is 1. The monoisotopic (exact) mass is 320 g/mol. The average Bonchev–Trinajstić information content (AvgIpc) is 2.76. The highest BCUT2D eigenvalue weighted by Gasteiger charge is 2.22. The molecule has 0 saturated carbocycles. The van der Waals surface area contributed by atoms with E-state index in [1.54, 1.807) is 19.1 Å². The zero-order chi connectivity index (χ0) is 14.0. The third kappa shape index (κ3) is 3.30. The van der Waals surface area contributed by atoms with Crippen LogP contribution >= 0.6 is 22.9 Å². The maximum atomic E-state index is 13.6. The third-order valence-electron chi connectivity index (χ3n) is 2.42. The molecule has 1 aromatic carbocycles. The summed E-state index contributed by atoms with van der Waals surface area (Å²) < 4.78 is 40.1. The largest absolute Gasteiger partial charge is 0.252 e. The highest BCUT2D eigenvalue weighted by atomic mass is 35.5. The van der Waals surface area contributed by atoms with Crippen molar-refractivity contribution in [2.45, 2.75) is 17.2 Å². The molecule has 0 radical (unpaired) electrons. The maximum absolute atomic E-state index is 13.6. The summed E-state index contributed by atoms with van der Waals surface area (Å²) in [5.41, 5.74) is 0.279. The molecule has 0 aliphatic heterocycles. The number of thiazole rings is 1. The zero-order valence-corrected chi connectivity index (χ0v) is 12.2. The summed E-state index contributed by atoms with van der Waals surface area (Å²) >= 11 is 6.45. The number of hydrogen-bond acceptors (Lipinski definition) is 4. The van der Waals surface area contributed by atoms with Gasteiger partial charge in [-0.1, -0.05) is 41.1 Å². The van der Waals surface area contributed by atoms with Crippen LogP contribution in [0.4, 0.5) is 4.39 Å². The molecule has 1 aromatic heterocycles. The smallest absolute Gasteiger partial charge is 0.232 e. The molecule has 4 nitrogen and oxygen atoms in total. The number of hydrogen-bond donors (Lipinski definition) is 1. The van der Waals surface area contributed by atoms with Gasteiger partial charge in [0.05, 0.1) is 6.20 Å². The minimum atomic E-state index is -3.75. The molecular formula is C11H10ClFN2O2S2. The Hall–Kier alpha value is -1.02. The summed E-state index contributed by atoms with van der Waals surface area (Å²) in [6.45, 7) is 1.57. The van der Waals surface area contributed by atoms with Gasteiger partial charge in [-0.05, 0) is 13.0 Å². The van der Waals surface area contributed by atoms with Crippen molar-refractivity contribution in [2.75, 3.05) is 0 Å². The van der Waals surface area contributed by atoms with Crippen LogP contribution in [0.25, 0.3) is 0 Å². The molecule has 0 spiro atoms. The van der Waals surface area contributed by atoms with E-state index in [1.165, 1.54) is 18.3 Å². The van der Waals surface area contributed by atoms with E-state index in [2.05, 4.69) is 9.71 Å². The predicted octanol–water partition coefficient (Wildman–Crippen LogP) is 2.98. The second-order valence-corrected chi connectivity index (χ2v) is 7.35. The lowest BCUT2D eigenvalue weighted by atomic mass is 10.1. The minimum Gasteiger partial charge on any atom is -0.232 e. The van der Waals surface area contributed by atoms with Crippen molar-refractivity contribution in [1.29, 1.82) is 0 Å². The van der Waals surface area contributed by atoms with Crippen LogP contribution in [0.5, 0.6) is 0 Å². The van der Waals surface area contributed by atoms with Gasteiger partial charge in [0.1, 0.15) is 5.82 Å². The molecule has 19 heavy (non-hydrogen) atoms. The maximum Gasteiger partial charge on any atom is 0.252 e. The summed E-state index contributed by atoms with van der Waals surface area (Å²) in [7, 11) is -3.75. The highest BCUT2D eigenvalue weighted by Crippen LogP contribution is 2.24. The molecule has 0 aliphatic carbocycles. The van der Waals surface area contributed by atoms with Crippen molar-refractivity contribution in [3.8, 4) is 0 Å². The van der Waals surface area contributed by atoms with Crippen molar-refractivity contribution < 1.29 is 12.8 Å². The van der Waals surface area contributed by atoms with Crippen molar-refractivity contribution in [2.24, 2.45) is 0 Å². The molecule has 0 saturated heterocycles. The standard InChI is InChI=1S/C11H10ClFN2O2S2/c1-7(8-4-2-3-5-9(8)13)15-19(16,17)10-6-14-11(12)18-10/h2-7,15H,1H3. The molecule has 0 fully saturated rings. The van der Waals surface area contributed by atoms with Crippen molar-refractivity contribution >= 4 is 33.0 Å². The van der Waals surface area contributed by atoms with Crippen LogP contribution in [0, 0.1) is 5.82 Å². The molecule has 0 bridgehead atoms. The Bertz CT molecular complexity index is 688. The first-order valence-corrected chi connectivity index (χ1v) is 7.96. The van der Waals surface area contributed by atoms with Gasteiger partial charge in [-0.2, -0.15) is 0 Å². The predicted molar refractivity (Wildman–Crippen MR) is 72.3 cm³/mol. The number of rotatable bonds is 4. The van der Waals surface area contributed by atoms with E-state index in [0.717, 1.165) is 11.3 Å². The molecule has 2 rings (SSSR count). The first-order chi connectivity index (χ1) is 8.90. The number of sulfonamides is 1. The van der Waals surface area contributed by atoms with Crippen LogP contribution in [0.3, 0.4) is 0 Å². The van der Waals surface area contributed by atoms with E-state index in [-0.39, 0.29) is 14.2 Å². The van der Waals surface area contributed by atoms with Gasteiger partial charge in [0.25, 0.3) is 10.0 Å². The first-order valence-electron chi connectivity index (χ1n) is 5.28. The summed E-state index contributed by atoms with van der Waals surface area (Å²) in [6, 6.07) is 5.31. The number of benzene rings is 1. The summed E-state index contributed by atoms with van der Waals surface area (Å²) in [4.78, 5) is 3.67. The van der Waals surface area contributed by atoms with E-state index in [4.69, 9.17) is 11.6 Å². The Morgan fingerprint density at radius 1 is 1.42 bits per heavy atom. The van der Waals surface area contributed by atoms with E-state index in [1.807, 2.05) is 0 Å². The fraction of sp³-hybridized carbons (Fsp3) is 0.182. The molecule has 0 aliphatic rings. The summed E-state index contributed by atoms with van der Waals surface area (Å²) in [5.74, 6) is -0.458. The summed E-state index contributed by atoms with van der Waals surface area (Å²) in [6.07, 6.45) is 1.17. The molecule has 2 aromatic rings. The van der Waals surface area contributed by atoms with Gasteiger partial charge in [0, 0.05) is 11.6 Å². The topological polar surface area (TPSA) is 59.1 Å². The molecule has 1 heterocycles. The van der Waals surface area contributed by atoms with Crippen LogP contribution in [-0.4, -0.2) is 13.4 Å². The molecule has 1 N–H and O–H groups in total. The van der Waals surface area contributed by atoms with Crippen molar-refractivity contribution in [3.63, 3.8) is 0 Å². The van der Waals surface area contributed by atoms with Crippen LogP contribution in [-0.2, 0) is 10.0 Å². The van der Waals surface area contributed by atoms with Crippen LogP contribution in [0.1, 0.15) is 18.5 Å². The van der Waals surface area contributed by atoms with Gasteiger partial charge in [-0.3, -0.25) is 0 Å². The lowest BCUT2D eigenvalue weighted by Gasteiger charge is -2.14. The fourth-order valence-electron chi connectivity index (χ4n) is 1.54. The SMILES string of the molecule is CC(NS(=O)(=O)c1cnc(Cl)s1)c1ccccc1F. The Kier molecular flexibility index (Phi) is 4.19. The second-order valence-electron chi connectivity index (χ2n) is 3.80. The van der Waals surface area contributed by atoms with E-state index in [9.17, 15) is 12.8 Å². The fourth-order valence-corrected chi connectivity index (χ4v) is 4.08. The van der Waals surface area contributed by atoms with Gasteiger partial charge in [-0.25, -0.2) is 22.5 Å². The minimum absolute atomic E-state index is 0.000638. The molecule has 0 amide bonds. The quantitative estimate of drug-likeness (QED) is 0.942. The number of halogens is 2. The highest BCUT2D eigenvalue weighted by molar-refractivity contribution is 7.91. The molecule has 1 unspecified atom stereocenters. The zero-order valence-electron chi connectivity index (χ0n) is 9.80. The lowest BCUT2D eigenvalue weighted by Crippen LogP contribution is -2.26. The average molecular weight is 321 g/mol. The van der Waals surface area contributed by atoms with Crippen LogP contribution < -0.4 is 4.72 Å². The van der Waals surface area contributed by atoms with Gasteiger partial charge >= 0.3 is 0 Å². The van der Waals surface area contributed by atoms with Crippen molar-refractivity contribution in [3.05, 3.63) is 46.3 Å². The van der Waals surface area contributed by atoms with Crippen LogP contribution in [0.15, 0.2) is 34.7 Å². The van der Waals surface area contributed by atoms with Crippen LogP contribution in [0.2, 0.25) is 4.47 Å².